The van der Waals surface area contributed by atoms with E-state index in [1.54, 1.807) is 32.0 Å². The van der Waals surface area contributed by atoms with Crippen LogP contribution >= 0.6 is 0 Å². The summed E-state index contributed by atoms with van der Waals surface area (Å²) in [5.41, 5.74) is 4.62. The molecule has 0 radical (unpaired) electrons. The lowest BCUT2D eigenvalue weighted by atomic mass is 9.93. The Balaban J connectivity index is 2.59. The molecule has 1 rings (SSSR count). The van der Waals surface area contributed by atoms with Crippen molar-refractivity contribution in [3.8, 4) is 5.75 Å². The number of rotatable bonds is 8. The summed E-state index contributed by atoms with van der Waals surface area (Å²) in [6.45, 7) is 8.62. The molecule has 1 unspecified atom stereocenters. The van der Waals surface area contributed by atoms with Crippen LogP contribution in [0.15, 0.2) is 29.3 Å². The molecule has 0 aromatic heterocycles. The monoisotopic (exact) mass is 338 g/mol. The van der Waals surface area contributed by atoms with Gasteiger partial charge in [-0.15, -0.1) is 0 Å². The van der Waals surface area contributed by atoms with Crippen LogP contribution in [0.25, 0.3) is 0 Å². The predicted octanol–water partition coefficient (Wildman–Crippen LogP) is 1.66. The fraction of sp³-hybridized carbons (Fsp3) is 0.529. The van der Waals surface area contributed by atoms with Gasteiger partial charge in [0.05, 0.1) is 18.5 Å². The second-order valence-corrected chi connectivity index (χ2v) is 6.18. The Labute approximate surface area is 142 Å². The number of hydrogen-bond acceptors (Lipinski definition) is 3. The molecule has 0 heterocycles. The Kier molecular flexibility index (Phi) is 7.48. The molecule has 7 heteroatoms. The van der Waals surface area contributed by atoms with Gasteiger partial charge in [0.1, 0.15) is 6.10 Å². The first-order valence-electron chi connectivity index (χ1n) is 7.99. The number of carbonyl (C=O) groups is 1. The van der Waals surface area contributed by atoms with E-state index >= 15 is 0 Å². The first-order valence-corrected chi connectivity index (χ1v) is 7.99. The zero-order valence-corrected chi connectivity index (χ0v) is 14.7. The summed E-state index contributed by atoms with van der Waals surface area (Å²) < 4.78 is 19.1. The maximum atomic E-state index is 13.6. The SMILES string of the molecule is CCNC(=NCC(C)(C)C(N)=O)NCC(C)Oc1ccccc1F. The summed E-state index contributed by atoms with van der Waals surface area (Å²) in [7, 11) is 0. The number of aliphatic imine (C=N–C) groups is 1. The van der Waals surface area contributed by atoms with E-state index in [9.17, 15) is 9.18 Å². The molecule has 134 valence electrons. The molecule has 1 aromatic rings. The molecule has 0 aliphatic carbocycles. The largest absolute Gasteiger partial charge is 0.486 e. The highest BCUT2D eigenvalue weighted by molar-refractivity contribution is 5.82. The number of para-hydroxylation sites is 1. The van der Waals surface area contributed by atoms with E-state index in [1.165, 1.54) is 6.07 Å². The van der Waals surface area contributed by atoms with Gasteiger partial charge in [-0.25, -0.2) is 4.39 Å². The highest BCUT2D eigenvalue weighted by Gasteiger charge is 2.24. The minimum absolute atomic E-state index is 0.212. The summed E-state index contributed by atoms with van der Waals surface area (Å²) in [5, 5.41) is 6.19. The van der Waals surface area contributed by atoms with Gasteiger partial charge in [-0.1, -0.05) is 12.1 Å². The van der Waals surface area contributed by atoms with Crippen molar-refractivity contribution in [2.75, 3.05) is 19.6 Å². The standard InChI is InChI=1S/C17H27FN4O2/c1-5-20-16(22-11-17(3,4)15(19)23)21-10-12(2)24-14-9-7-6-8-13(14)18/h6-9,12H,5,10-11H2,1-4H3,(H2,19,23)(H2,20,21,22). The summed E-state index contributed by atoms with van der Waals surface area (Å²) >= 11 is 0. The van der Waals surface area contributed by atoms with Crippen LogP contribution < -0.4 is 21.1 Å². The normalized spacial score (nSPS) is 13.3. The van der Waals surface area contributed by atoms with E-state index in [1.807, 2.05) is 13.8 Å². The topological polar surface area (TPSA) is 88.7 Å². The van der Waals surface area contributed by atoms with Crippen molar-refractivity contribution in [2.45, 2.75) is 33.8 Å². The fourth-order valence-electron chi connectivity index (χ4n) is 1.74. The van der Waals surface area contributed by atoms with Gasteiger partial charge < -0.3 is 21.1 Å². The molecule has 0 saturated carbocycles. The van der Waals surface area contributed by atoms with Crippen LogP contribution in [-0.2, 0) is 4.79 Å². The van der Waals surface area contributed by atoms with Gasteiger partial charge in [-0.05, 0) is 39.8 Å². The zero-order chi connectivity index (χ0) is 18.2. The summed E-state index contributed by atoms with van der Waals surface area (Å²) in [5.74, 6) is -0.0362. The van der Waals surface area contributed by atoms with Gasteiger partial charge in [0.2, 0.25) is 5.91 Å². The number of primary amides is 1. The number of hydrogen-bond donors (Lipinski definition) is 3. The molecule has 0 aliphatic rings. The van der Waals surface area contributed by atoms with Crippen LogP contribution in [0.2, 0.25) is 0 Å². The van der Waals surface area contributed by atoms with Crippen molar-refractivity contribution < 1.29 is 13.9 Å². The molecule has 1 amide bonds. The van der Waals surface area contributed by atoms with E-state index in [0.29, 0.717) is 19.0 Å². The second-order valence-electron chi connectivity index (χ2n) is 6.18. The van der Waals surface area contributed by atoms with Crippen molar-refractivity contribution in [2.24, 2.45) is 16.1 Å². The molecule has 6 nitrogen and oxygen atoms in total. The van der Waals surface area contributed by atoms with Gasteiger partial charge in [0, 0.05) is 6.54 Å². The number of halogens is 1. The molecule has 1 aromatic carbocycles. The zero-order valence-electron chi connectivity index (χ0n) is 14.7. The van der Waals surface area contributed by atoms with Gasteiger partial charge in [0.25, 0.3) is 0 Å². The lowest BCUT2D eigenvalue weighted by Crippen LogP contribution is -2.43. The molecule has 4 N–H and O–H groups in total. The van der Waals surface area contributed by atoms with Gasteiger partial charge in [0.15, 0.2) is 17.5 Å². The Morgan fingerprint density at radius 1 is 1.38 bits per heavy atom. The first-order chi connectivity index (χ1) is 11.3. The van der Waals surface area contributed by atoms with Crippen LogP contribution in [0.4, 0.5) is 4.39 Å². The molecule has 0 spiro atoms. The third-order valence-corrected chi connectivity index (χ3v) is 3.37. The van der Waals surface area contributed by atoms with Crippen molar-refractivity contribution in [3.63, 3.8) is 0 Å². The van der Waals surface area contributed by atoms with Crippen LogP contribution in [0.1, 0.15) is 27.7 Å². The van der Waals surface area contributed by atoms with Crippen LogP contribution in [-0.4, -0.2) is 37.6 Å². The van der Waals surface area contributed by atoms with Crippen LogP contribution in [0.3, 0.4) is 0 Å². The van der Waals surface area contributed by atoms with Crippen molar-refractivity contribution in [1.29, 1.82) is 0 Å². The third-order valence-electron chi connectivity index (χ3n) is 3.37. The predicted molar refractivity (Wildman–Crippen MR) is 93.4 cm³/mol. The average Bonchev–Trinajstić information content (AvgIpc) is 2.52. The number of nitrogens with zero attached hydrogens (tertiary/aromatic N) is 1. The van der Waals surface area contributed by atoms with Crippen molar-refractivity contribution in [3.05, 3.63) is 30.1 Å². The number of benzene rings is 1. The van der Waals surface area contributed by atoms with E-state index in [2.05, 4.69) is 15.6 Å². The lowest BCUT2D eigenvalue weighted by molar-refractivity contribution is -0.125. The maximum Gasteiger partial charge on any atom is 0.224 e. The molecule has 0 aliphatic heterocycles. The van der Waals surface area contributed by atoms with Gasteiger partial charge >= 0.3 is 0 Å². The van der Waals surface area contributed by atoms with Crippen LogP contribution in [0.5, 0.6) is 5.75 Å². The van der Waals surface area contributed by atoms with E-state index < -0.39 is 17.1 Å². The summed E-state index contributed by atoms with van der Waals surface area (Å²) in [6, 6.07) is 6.27. The lowest BCUT2D eigenvalue weighted by Gasteiger charge is -2.20. The van der Waals surface area contributed by atoms with E-state index in [-0.39, 0.29) is 18.4 Å². The smallest absolute Gasteiger partial charge is 0.224 e. The van der Waals surface area contributed by atoms with E-state index in [4.69, 9.17) is 10.5 Å². The Morgan fingerprint density at radius 2 is 2.04 bits per heavy atom. The maximum absolute atomic E-state index is 13.6. The Bertz CT molecular complexity index is 575. The molecule has 0 fully saturated rings. The minimum Gasteiger partial charge on any atom is -0.486 e. The highest BCUT2D eigenvalue weighted by atomic mass is 19.1. The van der Waals surface area contributed by atoms with Crippen molar-refractivity contribution >= 4 is 11.9 Å². The summed E-state index contributed by atoms with van der Waals surface area (Å²) in [6.07, 6.45) is -0.269. The molecular formula is C17H27FN4O2. The van der Waals surface area contributed by atoms with Crippen LogP contribution in [0, 0.1) is 11.2 Å². The first kappa shape index (κ1) is 19.7. The van der Waals surface area contributed by atoms with Gasteiger partial charge in [-0.3, -0.25) is 9.79 Å². The second kappa shape index (κ2) is 9.10. The molecule has 1 atom stereocenters. The minimum atomic E-state index is -0.725. The number of ether oxygens (including phenoxy) is 1. The van der Waals surface area contributed by atoms with Crippen molar-refractivity contribution in [1.82, 2.24) is 10.6 Å². The quantitative estimate of drug-likeness (QED) is 0.497. The molecule has 0 bridgehead atoms. The average molecular weight is 338 g/mol. The fourth-order valence-corrected chi connectivity index (χ4v) is 1.74. The molecule has 0 saturated heterocycles. The number of amides is 1. The van der Waals surface area contributed by atoms with E-state index in [0.717, 1.165) is 0 Å². The third kappa shape index (κ3) is 6.44. The molecular weight excluding hydrogens is 311 g/mol. The number of nitrogens with two attached hydrogens (primary N) is 1. The number of nitrogens with one attached hydrogen (secondary N) is 2. The number of carbonyl (C=O) groups excluding carboxylic acids is 1. The van der Waals surface area contributed by atoms with Gasteiger partial charge in [-0.2, -0.15) is 0 Å². The summed E-state index contributed by atoms with van der Waals surface area (Å²) in [4.78, 5) is 15.7. The number of guanidine groups is 1. The highest BCUT2D eigenvalue weighted by Crippen LogP contribution is 2.17. The molecule has 24 heavy (non-hydrogen) atoms. The Hall–Kier alpha value is -2.31. The Morgan fingerprint density at radius 3 is 2.62 bits per heavy atom.